The van der Waals surface area contributed by atoms with Gasteiger partial charge >= 0.3 is 0 Å². The van der Waals surface area contributed by atoms with Crippen molar-refractivity contribution in [3.8, 4) is 0 Å². The predicted molar refractivity (Wildman–Crippen MR) is 64.8 cm³/mol. The monoisotopic (exact) mass is 323 g/mol. The Morgan fingerprint density at radius 2 is 2.12 bits per heavy atom. The number of nitrogens with zero attached hydrogens (tertiary/aromatic N) is 1. The van der Waals surface area contributed by atoms with Crippen molar-refractivity contribution in [2.45, 2.75) is 19.8 Å². The molecule has 1 radical (unpaired) electrons. The average Bonchev–Trinajstić information content (AvgIpc) is 2.23. The molecule has 2 nitrogen and oxygen atoms in total. The predicted octanol–water partition coefficient (Wildman–Crippen LogP) is 3.04. The fraction of sp³-hybridized carbons (Fsp3) is 0.308. The van der Waals surface area contributed by atoms with E-state index < -0.39 is 0 Å². The number of carbonyl (C=O) groups is 1. The van der Waals surface area contributed by atoms with Gasteiger partial charge in [-0.25, -0.2) is 6.08 Å². The maximum Gasteiger partial charge on any atom is 0.222 e. The van der Waals surface area contributed by atoms with E-state index in [1.807, 2.05) is 25.1 Å². The van der Waals surface area contributed by atoms with Crippen LogP contribution in [0.1, 0.15) is 24.0 Å². The molecule has 1 aliphatic rings. The third kappa shape index (κ3) is 3.18. The Morgan fingerprint density at radius 1 is 1.41 bits per heavy atom. The van der Waals surface area contributed by atoms with E-state index in [2.05, 4.69) is 6.08 Å². The summed E-state index contributed by atoms with van der Waals surface area (Å²) < 4.78 is 0. The molecule has 0 aromatic heterocycles. The van der Waals surface area contributed by atoms with Crippen molar-refractivity contribution in [2.75, 3.05) is 7.05 Å². The summed E-state index contributed by atoms with van der Waals surface area (Å²) in [6.07, 6.45) is 4.50. The van der Waals surface area contributed by atoms with E-state index in [1.165, 1.54) is 0 Å². The Kier molecular flexibility index (Phi) is 5.36. The van der Waals surface area contributed by atoms with Crippen molar-refractivity contribution in [3.05, 3.63) is 40.4 Å². The van der Waals surface area contributed by atoms with Gasteiger partial charge in [0, 0.05) is 51.2 Å². The van der Waals surface area contributed by atoms with Crippen LogP contribution in [0.4, 0.5) is 0 Å². The molecule has 0 unspecified atom stereocenters. The number of aryl methyl sites for hydroxylation is 1. The van der Waals surface area contributed by atoms with Crippen LogP contribution in [0.3, 0.4) is 0 Å². The molecular weight excluding hydrogens is 311 g/mol. The van der Waals surface area contributed by atoms with Crippen LogP contribution < -0.4 is 0 Å². The number of hydrogen-bond donors (Lipinski definition) is 0. The molecule has 1 aromatic rings. The van der Waals surface area contributed by atoms with Gasteiger partial charge in [-0.3, -0.25) is 4.79 Å². The Hall–Kier alpha value is -0.176. The molecule has 1 aromatic carbocycles. The Morgan fingerprint density at radius 3 is 2.76 bits per heavy atom. The SMILES string of the molecule is Cc1cc(Cl)ccc1C1=[C-]CCC(=O)N1C.[Y]. The smallest absolute Gasteiger partial charge is 0.222 e. The van der Waals surface area contributed by atoms with E-state index in [4.69, 9.17) is 11.6 Å². The molecular formula is C13H13ClNOY-. The normalized spacial score (nSPS) is 15.4. The van der Waals surface area contributed by atoms with Crippen LogP contribution >= 0.6 is 11.6 Å². The minimum Gasteiger partial charge on any atom is -0.350 e. The Labute approximate surface area is 132 Å². The summed E-state index contributed by atoms with van der Waals surface area (Å²) >= 11 is 5.91. The average molecular weight is 324 g/mol. The summed E-state index contributed by atoms with van der Waals surface area (Å²) in [7, 11) is 1.79. The molecule has 1 heterocycles. The van der Waals surface area contributed by atoms with Crippen LogP contribution in [0.2, 0.25) is 5.02 Å². The fourth-order valence-electron chi connectivity index (χ4n) is 1.87. The molecule has 87 valence electrons. The number of rotatable bonds is 1. The second kappa shape index (κ2) is 6.13. The fourth-order valence-corrected chi connectivity index (χ4v) is 2.09. The second-order valence-corrected chi connectivity index (χ2v) is 4.37. The molecule has 0 saturated heterocycles. The van der Waals surface area contributed by atoms with Crippen molar-refractivity contribution in [2.24, 2.45) is 0 Å². The largest absolute Gasteiger partial charge is 0.350 e. The second-order valence-electron chi connectivity index (χ2n) is 3.94. The molecule has 0 fully saturated rings. The molecule has 0 atom stereocenters. The van der Waals surface area contributed by atoms with Gasteiger partial charge in [0.05, 0.1) is 0 Å². The topological polar surface area (TPSA) is 20.3 Å². The minimum atomic E-state index is 0. The van der Waals surface area contributed by atoms with Crippen LogP contribution in [-0.4, -0.2) is 17.9 Å². The molecule has 1 aliphatic heterocycles. The first-order valence-corrected chi connectivity index (χ1v) is 5.61. The molecule has 0 N–H and O–H groups in total. The zero-order chi connectivity index (χ0) is 11.7. The first-order valence-electron chi connectivity index (χ1n) is 5.23. The molecule has 0 saturated carbocycles. The zero-order valence-corrected chi connectivity index (χ0v) is 13.6. The van der Waals surface area contributed by atoms with Gasteiger partial charge in [0.15, 0.2) is 0 Å². The van der Waals surface area contributed by atoms with E-state index in [-0.39, 0.29) is 38.6 Å². The number of halogens is 1. The maximum atomic E-state index is 11.6. The minimum absolute atomic E-state index is 0. The van der Waals surface area contributed by atoms with Gasteiger partial charge in [-0.2, -0.15) is 0 Å². The van der Waals surface area contributed by atoms with Gasteiger partial charge in [-0.15, -0.1) is 29.3 Å². The molecule has 0 bridgehead atoms. The number of carbonyl (C=O) groups excluding carboxylic acids is 1. The summed E-state index contributed by atoms with van der Waals surface area (Å²) in [6, 6.07) is 5.68. The number of allylic oxidation sites excluding steroid dienone is 1. The molecule has 2 rings (SSSR count). The van der Waals surface area contributed by atoms with Crippen molar-refractivity contribution in [1.82, 2.24) is 4.90 Å². The van der Waals surface area contributed by atoms with Gasteiger partial charge in [0.2, 0.25) is 5.91 Å². The van der Waals surface area contributed by atoms with E-state index in [1.54, 1.807) is 11.9 Å². The quantitative estimate of drug-likeness (QED) is 0.728. The summed E-state index contributed by atoms with van der Waals surface area (Å²) in [4.78, 5) is 13.3. The van der Waals surface area contributed by atoms with Gasteiger partial charge in [-0.1, -0.05) is 30.7 Å². The van der Waals surface area contributed by atoms with E-state index in [9.17, 15) is 4.79 Å². The van der Waals surface area contributed by atoms with Crippen LogP contribution in [0.5, 0.6) is 0 Å². The molecule has 0 spiro atoms. The maximum absolute atomic E-state index is 11.6. The van der Waals surface area contributed by atoms with Gasteiger partial charge < -0.3 is 4.90 Å². The van der Waals surface area contributed by atoms with Crippen molar-refractivity contribution < 1.29 is 37.5 Å². The zero-order valence-electron chi connectivity index (χ0n) is 9.96. The molecule has 4 heteroatoms. The summed E-state index contributed by atoms with van der Waals surface area (Å²) in [6.45, 7) is 1.99. The van der Waals surface area contributed by atoms with Crippen molar-refractivity contribution >= 4 is 23.2 Å². The molecule has 17 heavy (non-hydrogen) atoms. The van der Waals surface area contributed by atoms with Crippen LogP contribution in [-0.2, 0) is 37.5 Å². The summed E-state index contributed by atoms with van der Waals surface area (Å²) in [5.74, 6) is 0.142. The van der Waals surface area contributed by atoms with Crippen LogP contribution in [0.25, 0.3) is 5.70 Å². The third-order valence-electron chi connectivity index (χ3n) is 2.78. The standard InChI is InChI=1S/C13H13ClNO.Y/c1-9-8-10(14)6-7-11(9)12-4-3-5-13(16)15(12)2;/h6-8H,3,5H2,1-2H3;/q-1;. The van der Waals surface area contributed by atoms with Crippen molar-refractivity contribution in [3.63, 3.8) is 0 Å². The first-order chi connectivity index (χ1) is 7.59. The Bertz CT molecular complexity index is 470. The van der Waals surface area contributed by atoms with Crippen LogP contribution in [0, 0.1) is 13.0 Å². The molecule has 1 amide bonds. The van der Waals surface area contributed by atoms with E-state index in [0.717, 1.165) is 16.8 Å². The number of amides is 1. The Balaban J connectivity index is 0.00000144. The van der Waals surface area contributed by atoms with Gasteiger partial charge in [-0.05, 0) is 0 Å². The number of hydrogen-bond acceptors (Lipinski definition) is 1. The van der Waals surface area contributed by atoms with Gasteiger partial charge in [0.25, 0.3) is 0 Å². The summed E-state index contributed by atoms with van der Waals surface area (Å²) in [5, 5.41) is 0.714. The third-order valence-corrected chi connectivity index (χ3v) is 3.02. The van der Waals surface area contributed by atoms with Crippen LogP contribution in [0.15, 0.2) is 18.2 Å². The van der Waals surface area contributed by atoms with E-state index >= 15 is 0 Å². The van der Waals surface area contributed by atoms with Crippen molar-refractivity contribution in [1.29, 1.82) is 0 Å². The molecule has 0 aliphatic carbocycles. The first kappa shape index (κ1) is 14.9. The van der Waals surface area contributed by atoms with Gasteiger partial charge in [0.1, 0.15) is 0 Å². The van der Waals surface area contributed by atoms with E-state index in [0.29, 0.717) is 17.9 Å². The summed E-state index contributed by atoms with van der Waals surface area (Å²) in [5.41, 5.74) is 2.96. The number of benzene rings is 1.